The van der Waals surface area contributed by atoms with Gasteiger partial charge in [0.1, 0.15) is 23.7 Å². The van der Waals surface area contributed by atoms with Crippen molar-refractivity contribution in [3.8, 4) is 0 Å². The molecule has 11 unspecified atom stereocenters. The van der Waals surface area contributed by atoms with Gasteiger partial charge in [0, 0.05) is 43.2 Å². The zero-order valence-electron chi connectivity index (χ0n) is 35.8. The van der Waals surface area contributed by atoms with Crippen LogP contribution in [0.25, 0.3) is 0 Å². The number of nitrogens with one attached hydrogen (secondary N) is 4. The van der Waals surface area contributed by atoms with Gasteiger partial charge in [0.2, 0.25) is 23.6 Å². The maximum atomic E-state index is 15.3. The monoisotopic (exact) mass is 810 g/mol. The molecule has 4 aliphatic carbocycles. The molecule has 0 aromatic heterocycles. The molecule has 8 fully saturated rings. The Morgan fingerprint density at radius 2 is 1.60 bits per heavy atom. The first-order chi connectivity index (χ1) is 27.1. The first kappa shape index (κ1) is 41.4. The Labute approximate surface area is 345 Å². The molecule has 8 rings (SSSR count). The highest BCUT2D eigenvalue weighted by atomic mass is 32.2. The minimum Gasteiger partial charge on any atom is -0.343 e. The first-order valence-electron chi connectivity index (χ1n) is 22.8. The molecule has 12 nitrogen and oxygen atoms in total. The molecule has 0 aromatic carbocycles. The molecule has 4 saturated heterocycles. The van der Waals surface area contributed by atoms with Gasteiger partial charge in [-0.3, -0.25) is 33.6 Å². The fraction of sp³-hybridized carbons (Fsp3) is 0.886. The first-order valence-corrected chi connectivity index (χ1v) is 23.5. The number of nitrogens with zero attached hydrogens (tertiary/aromatic N) is 3. The van der Waals surface area contributed by atoms with E-state index in [4.69, 9.17) is 0 Å². The third-order valence-electron chi connectivity index (χ3n) is 16.8. The molecule has 0 radical (unpaired) electrons. The Morgan fingerprint density at radius 1 is 0.895 bits per heavy atom. The summed E-state index contributed by atoms with van der Waals surface area (Å²) in [5.41, 5.74) is -1.98. The van der Waals surface area contributed by atoms with Gasteiger partial charge in [-0.2, -0.15) is 0 Å². The Morgan fingerprint density at radius 3 is 2.23 bits per heavy atom. The molecule has 0 aromatic rings. The zero-order chi connectivity index (χ0) is 40.7. The zero-order valence-corrected chi connectivity index (χ0v) is 36.6. The van der Waals surface area contributed by atoms with E-state index in [9.17, 15) is 19.2 Å². The fourth-order valence-electron chi connectivity index (χ4n) is 13.3. The van der Waals surface area contributed by atoms with Crippen LogP contribution in [0, 0.1) is 45.8 Å². The number of likely N-dealkylation sites (tertiary alicyclic amines) is 1. The van der Waals surface area contributed by atoms with E-state index >= 15 is 4.79 Å². The molecule has 13 heteroatoms. The topological polar surface area (TPSA) is 143 Å². The summed E-state index contributed by atoms with van der Waals surface area (Å²) < 4.78 is 5.25. The largest absolute Gasteiger partial charge is 0.343 e. The second-order valence-electron chi connectivity index (χ2n) is 21.1. The lowest BCUT2D eigenvalue weighted by atomic mass is 9.67. The molecular weight excluding hydrogens is 739 g/mol. The Hall–Kier alpha value is -2.38. The molecule has 318 valence electrons. The van der Waals surface area contributed by atoms with Crippen LogP contribution < -0.4 is 20.7 Å². The van der Waals surface area contributed by atoms with Gasteiger partial charge in [-0.15, -0.1) is 0 Å². The molecule has 4 heterocycles. The quantitative estimate of drug-likeness (QED) is 0.231. The van der Waals surface area contributed by atoms with Crippen LogP contribution in [0.2, 0.25) is 0 Å². The summed E-state index contributed by atoms with van der Waals surface area (Å²) in [6.07, 6.45) is 13.2. The van der Waals surface area contributed by atoms with Crippen molar-refractivity contribution in [1.82, 2.24) is 34.8 Å². The standard InChI is InChI=1S/C44H71N7O5S/c1-8-29-23-44(29,40(56)48-57-49-19-9-10-20-49)47-37(53)32-24-43-25-51(32)39(55)35(41(4,5)6)46-38(54)33(45-36(52)31-18-13-21-50(31)26(2)3)28-16-12-17-30(22-28)42(43,7)34(43)27-14-11-15-27/h26-35H,8-25H2,1-7H3,(H,45,52)(H,46,54)(H,47,53)(H,48,56). The van der Waals surface area contributed by atoms with Crippen LogP contribution in [0.15, 0.2) is 0 Å². The van der Waals surface area contributed by atoms with Gasteiger partial charge in [-0.25, -0.2) is 4.31 Å². The lowest BCUT2D eigenvalue weighted by Crippen LogP contribution is -2.63. The molecule has 4 bridgehead atoms. The summed E-state index contributed by atoms with van der Waals surface area (Å²) in [5, 5.41) is 9.82. The van der Waals surface area contributed by atoms with Crippen molar-refractivity contribution in [3.05, 3.63) is 0 Å². The van der Waals surface area contributed by atoms with Crippen molar-refractivity contribution in [1.29, 1.82) is 0 Å². The lowest BCUT2D eigenvalue weighted by Gasteiger charge is -2.42. The Kier molecular flexibility index (Phi) is 11.1. The molecule has 8 aliphatic rings. The maximum absolute atomic E-state index is 15.3. The SMILES string of the molecule is CCC1CC1(NC(=O)C1CC23CN1C(=O)C(C(C)(C)C)NC(=O)C(NC(=O)C1CCCN1C(C)C)C1CCCC(C1)C2(C)C3C1CCC1)C(=O)NSN1CCCC1. The van der Waals surface area contributed by atoms with Crippen molar-refractivity contribution in [2.75, 3.05) is 26.2 Å². The average molecular weight is 810 g/mol. The van der Waals surface area contributed by atoms with Gasteiger partial charge in [-0.05, 0) is 119 Å². The summed E-state index contributed by atoms with van der Waals surface area (Å²) in [7, 11) is 0. The smallest absolute Gasteiger partial charge is 0.256 e. The molecule has 1 spiro atoms. The van der Waals surface area contributed by atoms with Crippen LogP contribution >= 0.6 is 12.1 Å². The van der Waals surface area contributed by atoms with E-state index in [0.29, 0.717) is 37.1 Å². The van der Waals surface area contributed by atoms with Crippen molar-refractivity contribution in [2.24, 2.45) is 45.8 Å². The number of fused-ring (bicyclic) bond motifs is 4. The molecule has 11 atom stereocenters. The highest BCUT2D eigenvalue weighted by molar-refractivity contribution is 7.95. The fourth-order valence-corrected chi connectivity index (χ4v) is 14.1. The van der Waals surface area contributed by atoms with Crippen LogP contribution in [0.5, 0.6) is 0 Å². The van der Waals surface area contributed by atoms with Gasteiger partial charge in [0.15, 0.2) is 0 Å². The van der Waals surface area contributed by atoms with Crippen LogP contribution in [0.4, 0.5) is 0 Å². The van der Waals surface area contributed by atoms with E-state index in [2.05, 4.69) is 57.6 Å². The number of rotatable bonds is 10. The second kappa shape index (κ2) is 15.3. The summed E-state index contributed by atoms with van der Waals surface area (Å²) in [6, 6.07) is -2.42. The molecule has 4 N–H and O–H groups in total. The van der Waals surface area contributed by atoms with Crippen molar-refractivity contribution in [3.63, 3.8) is 0 Å². The minimum atomic E-state index is -0.990. The number of carbonyl (C=O) groups excluding carboxylic acids is 5. The number of carbonyl (C=O) groups is 5. The summed E-state index contributed by atoms with van der Waals surface area (Å²) in [6.45, 7) is 17.9. The maximum Gasteiger partial charge on any atom is 0.256 e. The van der Waals surface area contributed by atoms with E-state index in [1.807, 2.05) is 25.7 Å². The molecule has 5 amide bonds. The van der Waals surface area contributed by atoms with E-state index < -0.39 is 29.1 Å². The van der Waals surface area contributed by atoms with Crippen molar-refractivity contribution >= 4 is 41.7 Å². The number of hydrogen-bond acceptors (Lipinski definition) is 8. The summed E-state index contributed by atoms with van der Waals surface area (Å²) in [4.78, 5) is 77.1. The van der Waals surface area contributed by atoms with Gasteiger partial charge in [0.05, 0.1) is 6.04 Å². The van der Waals surface area contributed by atoms with E-state index in [-0.39, 0.29) is 64.3 Å². The third kappa shape index (κ3) is 7.02. The Balaban J connectivity index is 1.13. The second-order valence-corrected chi connectivity index (χ2v) is 22.0. The van der Waals surface area contributed by atoms with E-state index in [1.54, 1.807) is 0 Å². The minimum absolute atomic E-state index is 0.0351. The molecular formula is C44H71N7O5S. The predicted molar refractivity (Wildman–Crippen MR) is 221 cm³/mol. The highest BCUT2D eigenvalue weighted by Crippen LogP contribution is 2.82. The number of hydrogen-bond donors (Lipinski definition) is 4. The third-order valence-corrected chi connectivity index (χ3v) is 17.7. The van der Waals surface area contributed by atoms with E-state index in [0.717, 1.165) is 77.4 Å². The van der Waals surface area contributed by atoms with Crippen molar-refractivity contribution < 1.29 is 24.0 Å². The van der Waals surface area contributed by atoms with Crippen molar-refractivity contribution in [2.45, 2.75) is 174 Å². The van der Waals surface area contributed by atoms with Crippen LogP contribution in [0.3, 0.4) is 0 Å². The Bertz CT molecular complexity index is 1610. The summed E-state index contributed by atoms with van der Waals surface area (Å²) in [5.74, 6) is 0.238. The highest BCUT2D eigenvalue weighted by Gasteiger charge is 2.81. The normalized spacial score (nSPS) is 41.1. The molecule has 57 heavy (non-hydrogen) atoms. The predicted octanol–water partition coefficient (Wildman–Crippen LogP) is 4.78. The molecule has 4 aliphatic heterocycles. The van der Waals surface area contributed by atoms with Crippen LogP contribution in [-0.4, -0.2) is 106 Å². The average Bonchev–Trinajstić information content (AvgIpc) is 3.59. The van der Waals surface area contributed by atoms with Crippen LogP contribution in [0.1, 0.15) is 138 Å². The number of amides is 5. The van der Waals surface area contributed by atoms with Gasteiger partial charge in [-0.1, -0.05) is 66.7 Å². The molecule has 4 saturated carbocycles. The van der Waals surface area contributed by atoms with Gasteiger partial charge in [0.25, 0.3) is 5.91 Å². The lowest BCUT2D eigenvalue weighted by molar-refractivity contribution is -0.145. The summed E-state index contributed by atoms with van der Waals surface area (Å²) >= 11 is 1.35. The van der Waals surface area contributed by atoms with Crippen LogP contribution in [-0.2, 0) is 24.0 Å². The van der Waals surface area contributed by atoms with E-state index in [1.165, 1.54) is 31.4 Å². The van der Waals surface area contributed by atoms with Gasteiger partial charge >= 0.3 is 0 Å². The van der Waals surface area contributed by atoms with Gasteiger partial charge < -0.3 is 20.9 Å².